The van der Waals surface area contributed by atoms with Gasteiger partial charge in [-0.15, -0.1) is 0 Å². The van der Waals surface area contributed by atoms with E-state index >= 15 is 0 Å². The Labute approximate surface area is 150 Å². The number of hydrogen-bond acceptors (Lipinski definition) is 5. The minimum Gasteiger partial charge on any atom is -0.495 e. The molecule has 1 aromatic carbocycles. The Morgan fingerprint density at radius 3 is 2.24 bits per heavy atom. The molecule has 3 aromatic rings. The molecule has 0 unspecified atom stereocenters. The van der Waals surface area contributed by atoms with Crippen molar-refractivity contribution in [2.24, 2.45) is 0 Å². The Balaban J connectivity index is 1.81. The molecule has 3 rings (SSSR count). The van der Waals surface area contributed by atoms with E-state index in [9.17, 15) is 8.42 Å². The van der Waals surface area contributed by atoms with Gasteiger partial charge < -0.3 is 13.6 Å². The lowest BCUT2D eigenvalue weighted by atomic mass is 10.0. The molecule has 6 nitrogen and oxygen atoms in total. The van der Waals surface area contributed by atoms with Gasteiger partial charge in [0.05, 0.1) is 35.5 Å². The van der Waals surface area contributed by atoms with Crippen molar-refractivity contribution < 1.29 is 22.0 Å². The van der Waals surface area contributed by atoms with E-state index in [2.05, 4.69) is 4.72 Å². The van der Waals surface area contributed by atoms with E-state index in [0.29, 0.717) is 17.3 Å². The Kier molecular flexibility index (Phi) is 5.17. The molecule has 0 atom stereocenters. The van der Waals surface area contributed by atoms with Crippen molar-refractivity contribution in [1.29, 1.82) is 0 Å². The first-order chi connectivity index (χ1) is 12.0. The lowest BCUT2D eigenvalue weighted by molar-refractivity contribution is 0.414. The van der Waals surface area contributed by atoms with E-state index in [-0.39, 0.29) is 22.4 Å². The predicted molar refractivity (Wildman–Crippen MR) is 92.5 cm³/mol. The van der Waals surface area contributed by atoms with Crippen molar-refractivity contribution in [2.45, 2.75) is 10.8 Å². The average molecular weight is 382 g/mol. The first-order valence-electron chi connectivity index (χ1n) is 7.41. The molecule has 0 radical (unpaired) electrons. The second-order valence-corrected chi connectivity index (χ2v) is 7.41. The van der Waals surface area contributed by atoms with Crippen LogP contribution in [0, 0.1) is 0 Å². The third-order valence-electron chi connectivity index (χ3n) is 3.68. The van der Waals surface area contributed by atoms with Crippen LogP contribution < -0.4 is 9.46 Å². The van der Waals surface area contributed by atoms with E-state index < -0.39 is 10.0 Å². The van der Waals surface area contributed by atoms with E-state index in [0.717, 1.165) is 0 Å². The van der Waals surface area contributed by atoms with E-state index in [1.54, 1.807) is 24.3 Å². The van der Waals surface area contributed by atoms with Gasteiger partial charge in [0.25, 0.3) is 0 Å². The monoisotopic (exact) mass is 381 g/mol. The maximum atomic E-state index is 12.6. The second kappa shape index (κ2) is 7.35. The molecule has 0 aliphatic carbocycles. The molecule has 2 heterocycles. The molecule has 0 fully saturated rings. The Morgan fingerprint density at radius 1 is 1.12 bits per heavy atom. The summed E-state index contributed by atoms with van der Waals surface area (Å²) in [6.45, 7) is 0.0764. The van der Waals surface area contributed by atoms with Gasteiger partial charge in [-0.3, -0.25) is 0 Å². The van der Waals surface area contributed by atoms with Crippen molar-refractivity contribution in [2.75, 3.05) is 13.7 Å². The van der Waals surface area contributed by atoms with Gasteiger partial charge in [0.15, 0.2) is 0 Å². The second-order valence-electron chi connectivity index (χ2n) is 5.23. The van der Waals surface area contributed by atoms with E-state index in [1.807, 2.05) is 0 Å². The fourth-order valence-corrected chi connectivity index (χ4v) is 3.81. The first kappa shape index (κ1) is 17.6. The lowest BCUT2D eigenvalue weighted by Gasteiger charge is -2.14. The highest BCUT2D eigenvalue weighted by atomic mass is 35.5. The van der Waals surface area contributed by atoms with Gasteiger partial charge in [-0.25, -0.2) is 13.1 Å². The van der Waals surface area contributed by atoms with Gasteiger partial charge in [0.1, 0.15) is 17.3 Å². The number of hydrogen-bond donors (Lipinski definition) is 1. The number of furan rings is 2. The van der Waals surface area contributed by atoms with Gasteiger partial charge in [0, 0.05) is 6.54 Å². The van der Waals surface area contributed by atoms with Crippen molar-refractivity contribution in [3.63, 3.8) is 0 Å². The SMILES string of the molecule is COc1ccc(S(=O)(=O)NCC(c2ccco2)c2ccco2)cc1Cl. The molecule has 0 saturated heterocycles. The first-order valence-corrected chi connectivity index (χ1v) is 9.27. The third kappa shape index (κ3) is 3.89. The molecule has 0 saturated carbocycles. The number of rotatable bonds is 7. The summed E-state index contributed by atoms with van der Waals surface area (Å²) in [5, 5.41) is 0.221. The van der Waals surface area contributed by atoms with Crippen LogP contribution in [0.5, 0.6) is 5.75 Å². The summed E-state index contributed by atoms with van der Waals surface area (Å²) >= 11 is 6.01. The number of nitrogens with one attached hydrogen (secondary N) is 1. The molecule has 0 aliphatic heterocycles. The highest BCUT2D eigenvalue weighted by molar-refractivity contribution is 7.89. The van der Waals surface area contributed by atoms with Crippen LogP contribution in [0.4, 0.5) is 0 Å². The lowest BCUT2D eigenvalue weighted by Crippen LogP contribution is -2.28. The summed E-state index contributed by atoms with van der Waals surface area (Å²) in [6.07, 6.45) is 3.06. The van der Waals surface area contributed by atoms with Crippen LogP contribution in [0.15, 0.2) is 68.7 Å². The number of ether oxygens (including phenoxy) is 1. The quantitative estimate of drug-likeness (QED) is 0.675. The van der Waals surface area contributed by atoms with Crippen molar-refractivity contribution in [3.8, 4) is 5.75 Å². The molecule has 25 heavy (non-hydrogen) atoms. The highest BCUT2D eigenvalue weighted by Gasteiger charge is 2.24. The average Bonchev–Trinajstić information content (AvgIpc) is 3.29. The third-order valence-corrected chi connectivity index (χ3v) is 5.40. The molecule has 132 valence electrons. The van der Waals surface area contributed by atoms with Crippen LogP contribution in [0.3, 0.4) is 0 Å². The zero-order valence-corrected chi connectivity index (χ0v) is 14.9. The summed E-state index contributed by atoms with van der Waals surface area (Å²) < 4.78 is 43.5. The van der Waals surface area contributed by atoms with Crippen LogP contribution >= 0.6 is 11.6 Å². The molecule has 0 spiro atoms. The zero-order valence-electron chi connectivity index (χ0n) is 13.3. The number of sulfonamides is 1. The largest absolute Gasteiger partial charge is 0.495 e. The molecule has 0 aliphatic rings. The molecule has 2 aromatic heterocycles. The maximum Gasteiger partial charge on any atom is 0.240 e. The van der Waals surface area contributed by atoms with Gasteiger partial charge >= 0.3 is 0 Å². The van der Waals surface area contributed by atoms with Gasteiger partial charge in [-0.05, 0) is 42.5 Å². The van der Waals surface area contributed by atoms with Crippen LogP contribution in [0.2, 0.25) is 5.02 Å². The Morgan fingerprint density at radius 2 is 1.76 bits per heavy atom. The molecular formula is C17H16ClNO5S. The fraction of sp³-hybridized carbons (Fsp3) is 0.176. The Bertz CT molecular complexity index is 886. The van der Waals surface area contributed by atoms with Crippen LogP contribution in [-0.2, 0) is 10.0 Å². The summed E-state index contributed by atoms with van der Waals surface area (Å²) in [5.74, 6) is 1.23. The topological polar surface area (TPSA) is 81.7 Å². The summed E-state index contributed by atoms with van der Waals surface area (Å²) in [7, 11) is -2.30. The highest BCUT2D eigenvalue weighted by Crippen LogP contribution is 2.28. The molecule has 0 bridgehead atoms. The smallest absolute Gasteiger partial charge is 0.240 e. The van der Waals surface area contributed by atoms with E-state index in [4.69, 9.17) is 25.2 Å². The minimum absolute atomic E-state index is 0.0518. The molecular weight excluding hydrogens is 366 g/mol. The summed E-state index contributed by atoms with van der Waals surface area (Å²) in [4.78, 5) is 0.0518. The van der Waals surface area contributed by atoms with Crippen LogP contribution in [0.25, 0.3) is 0 Å². The van der Waals surface area contributed by atoms with Crippen molar-refractivity contribution in [1.82, 2.24) is 4.72 Å². The number of halogens is 1. The molecule has 1 N–H and O–H groups in total. The van der Waals surface area contributed by atoms with E-state index in [1.165, 1.54) is 37.8 Å². The normalized spacial score (nSPS) is 11.8. The van der Waals surface area contributed by atoms with Crippen LogP contribution in [0.1, 0.15) is 17.4 Å². The number of benzene rings is 1. The van der Waals surface area contributed by atoms with Gasteiger partial charge in [-0.1, -0.05) is 11.6 Å². The molecule has 8 heteroatoms. The fourth-order valence-electron chi connectivity index (χ4n) is 2.41. The van der Waals surface area contributed by atoms with Crippen molar-refractivity contribution >= 4 is 21.6 Å². The maximum absolute atomic E-state index is 12.6. The predicted octanol–water partition coefficient (Wildman–Crippen LogP) is 3.65. The standard InChI is InChI=1S/C17H16ClNO5S/c1-22-17-7-6-12(10-14(17)18)25(20,21)19-11-13(15-4-2-8-23-15)16-5-3-9-24-16/h2-10,13,19H,11H2,1H3. The minimum atomic E-state index is -3.76. The van der Waals surface area contributed by atoms with Gasteiger partial charge in [-0.2, -0.15) is 0 Å². The summed E-state index contributed by atoms with van der Waals surface area (Å²) in [6, 6.07) is 11.3. The molecule has 0 amide bonds. The van der Waals surface area contributed by atoms with Crippen LogP contribution in [-0.4, -0.2) is 22.1 Å². The van der Waals surface area contributed by atoms with Gasteiger partial charge in [0.2, 0.25) is 10.0 Å². The van der Waals surface area contributed by atoms with Crippen molar-refractivity contribution in [3.05, 3.63) is 71.5 Å². The summed E-state index contributed by atoms with van der Waals surface area (Å²) in [5.41, 5.74) is 0. The number of methoxy groups -OCH3 is 1. The Hall–Kier alpha value is -2.22. The zero-order chi connectivity index (χ0) is 17.9.